The first-order valence-corrected chi connectivity index (χ1v) is 12.5. The van der Waals surface area contributed by atoms with E-state index in [-0.39, 0.29) is 17.2 Å². The van der Waals surface area contributed by atoms with Crippen molar-refractivity contribution in [1.82, 2.24) is 15.2 Å². The summed E-state index contributed by atoms with van der Waals surface area (Å²) in [6.45, 7) is 1.65. The van der Waals surface area contributed by atoms with Crippen LogP contribution in [0.25, 0.3) is 16.9 Å². The van der Waals surface area contributed by atoms with Crippen LogP contribution < -0.4 is 11.0 Å². The number of aromatic amines is 1. The SMILES string of the molecule is C/C(=N\NC(=O)C(c1ccccc1)c1ccccc1)c1c(-c2ccccc2)[nH]n(-c2ccc([N+](=O)[O-])cc2)c1=O. The molecule has 198 valence electrons. The number of H-pyrrole nitrogens is 1. The normalized spacial score (nSPS) is 11.4. The van der Waals surface area contributed by atoms with E-state index in [1.807, 2.05) is 91.0 Å². The summed E-state index contributed by atoms with van der Waals surface area (Å²) in [7, 11) is 0. The number of carbonyl (C=O) groups is 1. The summed E-state index contributed by atoms with van der Waals surface area (Å²) >= 11 is 0. The summed E-state index contributed by atoms with van der Waals surface area (Å²) in [5.74, 6) is -0.945. The lowest BCUT2D eigenvalue weighted by Gasteiger charge is -2.16. The fourth-order valence-corrected chi connectivity index (χ4v) is 4.54. The molecule has 0 radical (unpaired) electrons. The summed E-state index contributed by atoms with van der Waals surface area (Å²) < 4.78 is 1.30. The fourth-order valence-electron chi connectivity index (χ4n) is 4.54. The standard InChI is InChI=1S/C31H25N5O4/c1-21(32-33-30(37)28(22-11-5-2-6-12-22)23-13-7-3-8-14-23)27-29(24-15-9-4-10-16-24)34-35(31(27)38)25-17-19-26(20-18-25)36(39)40/h2-20,28,34H,1H3,(H,33,37)/b32-21+. The van der Waals surface area contributed by atoms with Gasteiger partial charge in [-0.1, -0.05) is 91.0 Å². The highest BCUT2D eigenvalue weighted by Gasteiger charge is 2.24. The Morgan fingerprint density at radius 1 is 0.850 bits per heavy atom. The van der Waals surface area contributed by atoms with E-state index >= 15 is 0 Å². The zero-order valence-corrected chi connectivity index (χ0v) is 21.5. The van der Waals surface area contributed by atoms with Gasteiger partial charge in [0.2, 0.25) is 0 Å². The molecule has 1 aromatic heterocycles. The van der Waals surface area contributed by atoms with E-state index in [4.69, 9.17) is 0 Å². The maximum absolute atomic E-state index is 13.6. The van der Waals surface area contributed by atoms with Crippen LogP contribution in [0.2, 0.25) is 0 Å². The summed E-state index contributed by atoms with van der Waals surface area (Å²) in [6.07, 6.45) is 0. The van der Waals surface area contributed by atoms with Gasteiger partial charge in [0.1, 0.15) is 0 Å². The van der Waals surface area contributed by atoms with Crippen molar-refractivity contribution in [2.75, 3.05) is 0 Å². The third kappa shape index (κ3) is 5.34. The van der Waals surface area contributed by atoms with Crippen LogP contribution in [0.1, 0.15) is 29.5 Å². The minimum atomic E-state index is -0.601. The molecule has 9 heteroatoms. The molecule has 1 heterocycles. The summed E-state index contributed by atoms with van der Waals surface area (Å²) in [4.78, 5) is 37.7. The van der Waals surface area contributed by atoms with Gasteiger partial charge in [0, 0.05) is 17.7 Å². The first kappa shape index (κ1) is 26.1. The lowest BCUT2D eigenvalue weighted by Crippen LogP contribution is -2.28. The fraction of sp³-hybridized carbons (Fsp3) is 0.0645. The molecule has 2 N–H and O–H groups in total. The van der Waals surface area contributed by atoms with E-state index in [2.05, 4.69) is 15.6 Å². The Kier molecular flexibility index (Phi) is 7.45. The first-order valence-electron chi connectivity index (χ1n) is 12.5. The third-order valence-electron chi connectivity index (χ3n) is 6.50. The van der Waals surface area contributed by atoms with Crippen molar-refractivity contribution < 1.29 is 9.72 Å². The molecule has 4 aromatic carbocycles. The van der Waals surface area contributed by atoms with E-state index in [1.54, 1.807) is 6.92 Å². The predicted octanol–water partition coefficient (Wildman–Crippen LogP) is 5.41. The van der Waals surface area contributed by atoms with Crippen LogP contribution in [0.3, 0.4) is 0 Å². The Morgan fingerprint density at radius 3 is 1.90 bits per heavy atom. The average Bonchev–Trinajstić information content (AvgIpc) is 3.34. The lowest BCUT2D eigenvalue weighted by atomic mass is 9.91. The maximum Gasteiger partial charge on any atom is 0.281 e. The van der Waals surface area contributed by atoms with E-state index in [0.29, 0.717) is 17.1 Å². The zero-order valence-electron chi connectivity index (χ0n) is 21.5. The molecule has 0 saturated carbocycles. The monoisotopic (exact) mass is 531 g/mol. The molecule has 9 nitrogen and oxygen atoms in total. The molecule has 0 aliphatic heterocycles. The van der Waals surface area contributed by atoms with Crippen molar-refractivity contribution >= 4 is 17.3 Å². The van der Waals surface area contributed by atoms with Crippen LogP contribution in [0.15, 0.2) is 125 Å². The van der Waals surface area contributed by atoms with Gasteiger partial charge in [-0.05, 0) is 30.2 Å². The number of rotatable bonds is 8. The van der Waals surface area contributed by atoms with Gasteiger partial charge in [-0.15, -0.1) is 0 Å². The Hall–Kier alpha value is -5.57. The third-order valence-corrected chi connectivity index (χ3v) is 6.50. The van der Waals surface area contributed by atoms with Crippen LogP contribution in [0.5, 0.6) is 0 Å². The topological polar surface area (TPSA) is 122 Å². The average molecular weight is 532 g/mol. The number of nitrogens with one attached hydrogen (secondary N) is 2. The Bertz CT molecular complexity index is 1690. The minimum absolute atomic E-state index is 0.0845. The van der Waals surface area contributed by atoms with Crippen LogP contribution in [0.4, 0.5) is 5.69 Å². The number of non-ortho nitro benzene ring substituents is 1. The smallest absolute Gasteiger partial charge is 0.281 e. The highest BCUT2D eigenvalue weighted by molar-refractivity contribution is 6.04. The molecule has 0 atom stereocenters. The number of hydrogen-bond donors (Lipinski definition) is 2. The highest BCUT2D eigenvalue weighted by atomic mass is 16.6. The quantitative estimate of drug-likeness (QED) is 0.158. The van der Waals surface area contributed by atoms with Gasteiger partial charge < -0.3 is 0 Å². The van der Waals surface area contributed by atoms with E-state index in [9.17, 15) is 19.7 Å². The number of hydrogen-bond acceptors (Lipinski definition) is 5. The molecule has 5 rings (SSSR count). The second-order valence-electron chi connectivity index (χ2n) is 9.07. The lowest BCUT2D eigenvalue weighted by molar-refractivity contribution is -0.384. The number of nitrogens with zero attached hydrogens (tertiary/aromatic N) is 3. The van der Waals surface area contributed by atoms with E-state index in [0.717, 1.165) is 16.7 Å². The molecule has 1 amide bonds. The highest BCUT2D eigenvalue weighted by Crippen LogP contribution is 2.25. The molecule has 0 bridgehead atoms. The molecule has 0 spiro atoms. The summed E-state index contributed by atoms with van der Waals surface area (Å²) in [6, 6.07) is 33.7. The molecule has 0 fully saturated rings. The van der Waals surface area contributed by atoms with Crippen molar-refractivity contribution in [2.45, 2.75) is 12.8 Å². The predicted molar refractivity (Wildman–Crippen MR) is 154 cm³/mol. The summed E-state index contributed by atoms with van der Waals surface area (Å²) in [5.41, 5.74) is 6.02. The van der Waals surface area contributed by atoms with Gasteiger partial charge in [-0.3, -0.25) is 24.8 Å². The largest absolute Gasteiger partial charge is 0.290 e. The van der Waals surface area contributed by atoms with Gasteiger partial charge in [0.25, 0.3) is 17.2 Å². The molecule has 0 unspecified atom stereocenters. The van der Waals surface area contributed by atoms with Crippen molar-refractivity contribution in [1.29, 1.82) is 0 Å². The first-order chi connectivity index (χ1) is 19.4. The van der Waals surface area contributed by atoms with Crippen LogP contribution in [-0.4, -0.2) is 26.3 Å². The molecule has 0 aliphatic rings. The molecule has 0 saturated heterocycles. The Labute approximate surface area is 229 Å². The minimum Gasteiger partial charge on any atom is -0.290 e. The molecule has 0 aliphatic carbocycles. The van der Waals surface area contributed by atoms with Crippen molar-refractivity contribution in [3.05, 3.63) is 152 Å². The summed E-state index contributed by atoms with van der Waals surface area (Å²) in [5, 5.41) is 18.6. The number of benzene rings is 4. The number of amides is 1. The molecular formula is C31H25N5O4. The van der Waals surface area contributed by atoms with Gasteiger partial charge in [-0.2, -0.15) is 5.10 Å². The van der Waals surface area contributed by atoms with Crippen molar-refractivity contribution in [3.8, 4) is 16.9 Å². The second-order valence-corrected chi connectivity index (χ2v) is 9.07. The molecular weight excluding hydrogens is 506 g/mol. The molecule has 40 heavy (non-hydrogen) atoms. The maximum atomic E-state index is 13.6. The van der Waals surface area contributed by atoms with Gasteiger partial charge in [-0.25, -0.2) is 10.1 Å². The van der Waals surface area contributed by atoms with Crippen molar-refractivity contribution in [2.24, 2.45) is 5.10 Å². The van der Waals surface area contributed by atoms with E-state index in [1.165, 1.54) is 28.9 Å². The van der Waals surface area contributed by atoms with Gasteiger partial charge in [0.15, 0.2) is 0 Å². The number of nitro groups is 1. The van der Waals surface area contributed by atoms with Gasteiger partial charge >= 0.3 is 0 Å². The zero-order chi connectivity index (χ0) is 28.1. The number of nitro benzene ring substituents is 1. The Morgan fingerprint density at radius 2 is 1.38 bits per heavy atom. The van der Waals surface area contributed by atoms with Crippen LogP contribution >= 0.6 is 0 Å². The van der Waals surface area contributed by atoms with E-state index < -0.39 is 16.4 Å². The van der Waals surface area contributed by atoms with Crippen LogP contribution in [0, 0.1) is 10.1 Å². The van der Waals surface area contributed by atoms with Gasteiger partial charge in [0.05, 0.1) is 33.5 Å². The number of carbonyl (C=O) groups excluding carboxylic acids is 1. The number of aromatic nitrogens is 2. The molecule has 5 aromatic rings. The van der Waals surface area contributed by atoms with Crippen LogP contribution in [-0.2, 0) is 4.79 Å². The number of hydrazone groups is 1. The van der Waals surface area contributed by atoms with Crippen molar-refractivity contribution in [3.63, 3.8) is 0 Å². The second kappa shape index (κ2) is 11.4. The Balaban J connectivity index is 1.53.